The first-order valence-corrected chi connectivity index (χ1v) is 9.64. The molecule has 1 saturated heterocycles. The molecule has 0 aromatic heterocycles. The van der Waals surface area contributed by atoms with E-state index in [1.165, 1.54) is 6.07 Å². The van der Waals surface area contributed by atoms with E-state index in [4.69, 9.17) is 14.6 Å². The highest BCUT2D eigenvalue weighted by Gasteiger charge is 2.22. The van der Waals surface area contributed by atoms with Crippen molar-refractivity contribution in [3.05, 3.63) is 65.5 Å². The van der Waals surface area contributed by atoms with E-state index in [9.17, 15) is 9.18 Å². The minimum Gasteiger partial charge on any atom is -0.494 e. The molecule has 5 nitrogen and oxygen atoms in total. The molecule has 0 amide bonds. The minimum atomic E-state index is -0.778. The number of carboxylic acids is 1. The Morgan fingerprint density at radius 1 is 1.21 bits per heavy atom. The van der Waals surface area contributed by atoms with Crippen LogP contribution in [0.3, 0.4) is 0 Å². The summed E-state index contributed by atoms with van der Waals surface area (Å²) in [5, 5.41) is 8.83. The number of carboxylic acid groups (broad SMARTS) is 1. The molecule has 29 heavy (non-hydrogen) atoms. The molecule has 1 unspecified atom stereocenters. The maximum atomic E-state index is 13.6. The summed E-state index contributed by atoms with van der Waals surface area (Å²) in [5.74, 6) is -0.174. The molecular weight excluding hydrogens is 397 g/mol. The number of halogens is 2. The van der Waals surface area contributed by atoms with Gasteiger partial charge in [0.2, 0.25) is 0 Å². The number of benzene rings is 2. The minimum absolute atomic E-state index is 0. The van der Waals surface area contributed by atoms with Crippen LogP contribution in [0.4, 0.5) is 4.39 Å². The molecule has 2 aromatic rings. The highest BCUT2D eigenvalue weighted by molar-refractivity contribution is 5.85. The van der Waals surface area contributed by atoms with Crippen LogP contribution in [0.25, 0.3) is 0 Å². The van der Waals surface area contributed by atoms with Crippen LogP contribution in [-0.2, 0) is 16.0 Å². The molecule has 0 bridgehead atoms. The number of aliphatic carboxylic acids is 1. The molecule has 0 aliphatic carbocycles. The van der Waals surface area contributed by atoms with Crippen molar-refractivity contribution < 1.29 is 23.8 Å². The molecule has 7 heteroatoms. The van der Waals surface area contributed by atoms with Crippen LogP contribution in [0.1, 0.15) is 30.1 Å². The number of aryl methyl sites for hydroxylation is 1. The largest absolute Gasteiger partial charge is 0.494 e. The van der Waals surface area contributed by atoms with E-state index >= 15 is 0 Å². The van der Waals surface area contributed by atoms with Crippen LogP contribution in [-0.4, -0.2) is 48.8 Å². The van der Waals surface area contributed by atoms with E-state index in [0.717, 1.165) is 24.3 Å². The van der Waals surface area contributed by atoms with Gasteiger partial charge in [-0.2, -0.15) is 0 Å². The predicted molar refractivity (Wildman–Crippen MR) is 111 cm³/mol. The Morgan fingerprint density at radius 3 is 2.69 bits per heavy atom. The Kier molecular flexibility index (Phi) is 9.38. The highest BCUT2D eigenvalue weighted by Crippen LogP contribution is 2.24. The van der Waals surface area contributed by atoms with Crippen LogP contribution < -0.4 is 4.74 Å². The lowest BCUT2D eigenvalue weighted by molar-refractivity contribution is -0.137. The second-order valence-corrected chi connectivity index (χ2v) is 6.92. The average Bonchev–Trinajstić information content (AvgIpc) is 2.71. The number of morpholine rings is 1. The summed E-state index contributed by atoms with van der Waals surface area (Å²) in [7, 11) is 0. The van der Waals surface area contributed by atoms with Crippen LogP contribution in [0.5, 0.6) is 5.75 Å². The monoisotopic (exact) mass is 423 g/mol. The summed E-state index contributed by atoms with van der Waals surface area (Å²) >= 11 is 0. The third-order valence-corrected chi connectivity index (χ3v) is 4.86. The van der Waals surface area contributed by atoms with Gasteiger partial charge in [-0.25, -0.2) is 4.39 Å². The molecule has 2 aromatic carbocycles. The van der Waals surface area contributed by atoms with Crippen molar-refractivity contribution in [3.8, 4) is 5.75 Å². The number of hydrogen-bond donors (Lipinski definition) is 1. The summed E-state index contributed by atoms with van der Waals surface area (Å²) in [6, 6.07) is 14.6. The number of hydrogen-bond acceptors (Lipinski definition) is 4. The molecular formula is C22H27ClFNO4. The van der Waals surface area contributed by atoms with Crippen molar-refractivity contribution in [2.24, 2.45) is 0 Å². The Balaban J connectivity index is 0.00000300. The van der Waals surface area contributed by atoms with Crippen molar-refractivity contribution in [2.45, 2.75) is 25.4 Å². The third-order valence-electron chi connectivity index (χ3n) is 4.86. The summed E-state index contributed by atoms with van der Waals surface area (Å²) in [5.41, 5.74) is 1.77. The van der Waals surface area contributed by atoms with Crippen LogP contribution in [0, 0.1) is 5.82 Å². The topological polar surface area (TPSA) is 59.0 Å². The second kappa shape index (κ2) is 11.8. The normalized spacial score (nSPS) is 16.8. The van der Waals surface area contributed by atoms with Gasteiger partial charge in [-0.1, -0.05) is 30.3 Å². The van der Waals surface area contributed by atoms with Crippen molar-refractivity contribution in [1.82, 2.24) is 4.90 Å². The molecule has 1 fully saturated rings. The van der Waals surface area contributed by atoms with Gasteiger partial charge < -0.3 is 14.6 Å². The van der Waals surface area contributed by atoms with E-state index in [2.05, 4.69) is 4.90 Å². The zero-order valence-corrected chi connectivity index (χ0v) is 17.1. The number of nitrogens with zero attached hydrogens (tertiary/aromatic N) is 1. The average molecular weight is 424 g/mol. The fourth-order valence-corrected chi connectivity index (χ4v) is 3.29. The molecule has 0 spiro atoms. The SMILES string of the molecule is Cl.O=C(O)CCN1CCOC(c2ccc(OCCCc3ccccc3F)cc2)C1. The quantitative estimate of drug-likeness (QED) is 0.615. The first-order chi connectivity index (χ1) is 13.6. The van der Waals surface area contributed by atoms with E-state index in [0.29, 0.717) is 38.3 Å². The Hall–Kier alpha value is -2.15. The van der Waals surface area contributed by atoms with Crippen LogP contribution in [0.2, 0.25) is 0 Å². The van der Waals surface area contributed by atoms with Gasteiger partial charge in [-0.05, 0) is 42.2 Å². The third kappa shape index (κ3) is 7.31. The maximum Gasteiger partial charge on any atom is 0.304 e. The number of carbonyl (C=O) groups is 1. The lowest BCUT2D eigenvalue weighted by atomic mass is 10.1. The van der Waals surface area contributed by atoms with Gasteiger partial charge in [0, 0.05) is 19.6 Å². The Bertz CT molecular complexity index is 772. The molecule has 0 radical (unpaired) electrons. The number of ether oxygens (including phenoxy) is 2. The fraction of sp³-hybridized carbons (Fsp3) is 0.409. The molecule has 158 valence electrons. The van der Waals surface area contributed by atoms with Gasteiger partial charge >= 0.3 is 5.97 Å². The molecule has 3 rings (SSSR count). The molecule has 1 heterocycles. The van der Waals surface area contributed by atoms with Gasteiger partial charge in [0.1, 0.15) is 11.6 Å². The van der Waals surface area contributed by atoms with Crippen molar-refractivity contribution in [3.63, 3.8) is 0 Å². The molecule has 1 N–H and O–H groups in total. The molecule has 0 saturated carbocycles. The van der Waals surface area contributed by atoms with E-state index < -0.39 is 5.97 Å². The Labute approximate surface area is 176 Å². The van der Waals surface area contributed by atoms with Gasteiger partial charge in [0.25, 0.3) is 0 Å². The summed E-state index contributed by atoms with van der Waals surface area (Å²) < 4.78 is 25.2. The van der Waals surface area contributed by atoms with Crippen molar-refractivity contribution in [2.75, 3.05) is 32.8 Å². The van der Waals surface area contributed by atoms with E-state index in [1.807, 2.05) is 30.3 Å². The fourth-order valence-electron chi connectivity index (χ4n) is 3.29. The second-order valence-electron chi connectivity index (χ2n) is 6.92. The smallest absolute Gasteiger partial charge is 0.304 e. The van der Waals surface area contributed by atoms with E-state index in [1.54, 1.807) is 12.1 Å². The van der Waals surface area contributed by atoms with Crippen LogP contribution in [0.15, 0.2) is 48.5 Å². The zero-order chi connectivity index (χ0) is 19.8. The first kappa shape index (κ1) is 23.1. The lowest BCUT2D eigenvalue weighted by Gasteiger charge is -2.32. The molecule has 1 aliphatic heterocycles. The van der Waals surface area contributed by atoms with Crippen LogP contribution >= 0.6 is 12.4 Å². The maximum absolute atomic E-state index is 13.6. The zero-order valence-electron chi connectivity index (χ0n) is 16.3. The Morgan fingerprint density at radius 2 is 1.97 bits per heavy atom. The van der Waals surface area contributed by atoms with Gasteiger partial charge in [-0.15, -0.1) is 12.4 Å². The highest BCUT2D eigenvalue weighted by atomic mass is 35.5. The standard InChI is InChI=1S/C22H26FNO4.ClH/c23-20-6-2-1-4-17(20)5-3-14-27-19-9-7-18(8-10-19)21-16-24(13-15-28-21)12-11-22(25)26;/h1-2,4,6-10,21H,3,5,11-16H2,(H,25,26);1H. The predicted octanol–water partition coefficient (Wildman–Crippen LogP) is 4.11. The molecule has 1 aliphatic rings. The van der Waals surface area contributed by atoms with Gasteiger partial charge in [-0.3, -0.25) is 9.69 Å². The summed E-state index contributed by atoms with van der Waals surface area (Å²) in [6.07, 6.45) is 1.48. The van der Waals surface area contributed by atoms with Crippen molar-refractivity contribution in [1.29, 1.82) is 0 Å². The van der Waals surface area contributed by atoms with Crippen molar-refractivity contribution >= 4 is 18.4 Å². The van der Waals surface area contributed by atoms with Gasteiger partial charge in [0.15, 0.2) is 0 Å². The van der Waals surface area contributed by atoms with E-state index in [-0.39, 0.29) is 30.7 Å². The first-order valence-electron chi connectivity index (χ1n) is 9.64. The summed E-state index contributed by atoms with van der Waals surface area (Å²) in [4.78, 5) is 12.9. The summed E-state index contributed by atoms with van der Waals surface area (Å²) in [6.45, 7) is 3.11. The lowest BCUT2D eigenvalue weighted by Crippen LogP contribution is -2.39. The number of rotatable bonds is 9. The van der Waals surface area contributed by atoms with Gasteiger partial charge in [0.05, 0.1) is 25.7 Å². The molecule has 1 atom stereocenters.